The van der Waals surface area contributed by atoms with Crippen LogP contribution in [-0.2, 0) is 18.4 Å². The molecule has 0 atom stereocenters. The Morgan fingerprint density at radius 2 is 1.84 bits per heavy atom. The molecule has 2 aromatic heterocycles. The number of imidazole rings is 1. The Balaban J connectivity index is 1.31. The van der Waals surface area contributed by atoms with Gasteiger partial charge in [-0.3, -0.25) is 20.4 Å². The summed E-state index contributed by atoms with van der Waals surface area (Å²) in [4.78, 5) is 28.5. The molecule has 158 valence electrons. The lowest BCUT2D eigenvalue weighted by molar-refractivity contribution is -0.119. The number of rotatable bonds is 6. The van der Waals surface area contributed by atoms with E-state index in [-0.39, 0.29) is 11.7 Å². The van der Waals surface area contributed by atoms with Gasteiger partial charge in [-0.15, -0.1) is 10.2 Å². The Bertz CT molecular complexity index is 1240. The van der Waals surface area contributed by atoms with Crippen LogP contribution in [0.25, 0.3) is 11.0 Å². The normalized spacial score (nSPS) is 10.9. The zero-order valence-electron chi connectivity index (χ0n) is 16.4. The molecule has 4 aromatic rings. The Morgan fingerprint density at radius 1 is 1.06 bits per heavy atom. The predicted octanol–water partition coefficient (Wildman–Crippen LogP) is 2.42. The lowest BCUT2D eigenvalue weighted by atomic mass is 10.2. The minimum atomic E-state index is -0.427. The molecule has 11 heteroatoms. The summed E-state index contributed by atoms with van der Waals surface area (Å²) in [7, 11) is 1.84. The Hall–Kier alpha value is -3.37. The van der Waals surface area contributed by atoms with E-state index >= 15 is 0 Å². The van der Waals surface area contributed by atoms with E-state index in [1.807, 2.05) is 40.4 Å². The summed E-state index contributed by atoms with van der Waals surface area (Å²) in [5, 5.41) is 9.51. The molecule has 0 aliphatic rings. The maximum atomic E-state index is 12.1. The van der Waals surface area contributed by atoms with Gasteiger partial charge in [0, 0.05) is 17.6 Å². The molecule has 9 nitrogen and oxygen atoms in total. The number of thioether (sulfide) groups is 1. The van der Waals surface area contributed by atoms with Crippen LogP contribution in [0.5, 0.6) is 0 Å². The molecule has 0 radical (unpaired) electrons. The van der Waals surface area contributed by atoms with Crippen LogP contribution in [0.3, 0.4) is 0 Å². The van der Waals surface area contributed by atoms with E-state index < -0.39 is 5.91 Å². The van der Waals surface area contributed by atoms with Crippen molar-refractivity contribution in [3.8, 4) is 0 Å². The summed E-state index contributed by atoms with van der Waals surface area (Å²) in [6.45, 7) is 0.508. The van der Waals surface area contributed by atoms with E-state index in [1.165, 1.54) is 11.8 Å². The molecule has 31 heavy (non-hydrogen) atoms. The average molecular weight is 456 g/mol. The third kappa shape index (κ3) is 4.86. The number of carbonyl (C=O) groups is 2. The molecule has 2 amide bonds. The maximum absolute atomic E-state index is 12.1. The molecule has 0 saturated heterocycles. The molecule has 0 aliphatic carbocycles. The molecular weight excluding hydrogens is 438 g/mol. The molecule has 2 heterocycles. The second-order valence-corrected chi connectivity index (χ2v) is 8.00. The number of amides is 2. The fourth-order valence-electron chi connectivity index (χ4n) is 2.86. The number of halogens is 1. The summed E-state index contributed by atoms with van der Waals surface area (Å²) in [6.07, 6.45) is 1.77. The monoisotopic (exact) mass is 455 g/mol. The average Bonchev–Trinajstić information content (AvgIpc) is 3.35. The summed E-state index contributed by atoms with van der Waals surface area (Å²) < 4.78 is 3.83. The standard InChI is InChI=1S/C20H18ClN7O2S/c1-27-17(10-28-12-22-15-4-2-3-5-16(15)28)23-26-20(27)31-11-18(29)24-25-19(30)13-6-8-14(21)9-7-13/h2-9,12H,10-11H2,1H3,(H,24,29)(H,25,30). The van der Waals surface area contributed by atoms with E-state index in [4.69, 9.17) is 11.6 Å². The number of carbonyl (C=O) groups excluding carboxylic acids is 2. The van der Waals surface area contributed by atoms with Crippen molar-refractivity contribution in [2.75, 3.05) is 5.75 Å². The minimum absolute atomic E-state index is 0.0703. The molecule has 2 N–H and O–H groups in total. The van der Waals surface area contributed by atoms with E-state index in [9.17, 15) is 9.59 Å². The second-order valence-electron chi connectivity index (χ2n) is 6.62. The summed E-state index contributed by atoms with van der Waals surface area (Å²) in [6, 6.07) is 14.2. The Labute approximate surface area is 186 Å². The first kappa shape index (κ1) is 20.9. The van der Waals surface area contributed by atoms with Gasteiger partial charge in [0.05, 0.1) is 29.7 Å². The van der Waals surface area contributed by atoms with Crippen molar-refractivity contribution in [3.05, 3.63) is 71.3 Å². The van der Waals surface area contributed by atoms with E-state index in [1.54, 1.807) is 30.6 Å². The summed E-state index contributed by atoms with van der Waals surface area (Å²) in [5.41, 5.74) is 7.07. The van der Waals surface area contributed by atoms with Gasteiger partial charge >= 0.3 is 0 Å². The van der Waals surface area contributed by atoms with Crippen molar-refractivity contribution in [2.24, 2.45) is 7.05 Å². The number of nitrogens with one attached hydrogen (secondary N) is 2. The largest absolute Gasteiger partial charge is 0.323 e. The van der Waals surface area contributed by atoms with Crippen LogP contribution in [0, 0.1) is 0 Å². The van der Waals surface area contributed by atoms with Gasteiger partial charge < -0.3 is 9.13 Å². The van der Waals surface area contributed by atoms with Crippen molar-refractivity contribution in [2.45, 2.75) is 11.7 Å². The van der Waals surface area contributed by atoms with Gasteiger partial charge in [0.1, 0.15) is 0 Å². The fraction of sp³-hybridized carbons (Fsp3) is 0.150. The number of para-hydroxylation sites is 2. The predicted molar refractivity (Wildman–Crippen MR) is 118 cm³/mol. The molecule has 2 aromatic carbocycles. The van der Waals surface area contributed by atoms with Crippen molar-refractivity contribution in [3.63, 3.8) is 0 Å². The molecule has 0 bridgehead atoms. The van der Waals surface area contributed by atoms with E-state index in [2.05, 4.69) is 26.0 Å². The third-order valence-electron chi connectivity index (χ3n) is 4.52. The summed E-state index contributed by atoms with van der Waals surface area (Å²) >= 11 is 7.03. The first-order valence-electron chi connectivity index (χ1n) is 9.27. The zero-order chi connectivity index (χ0) is 21.8. The number of benzene rings is 2. The topological polar surface area (TPSA) is 107 Å². The van der Waals surface area contributed by atoms with Crippen LogP contribution in [0.15, 0.2) is 60.0 Å². The van der Waals surface area contributed by atoms with Crippen LogP contribution in [-0.4, -0.2) is 41.9 Å². The highest BCUT2D eigenvalue weighted by Crippen LogP contribution is 2.18. The molecule has 4 rings (SSSR count). The van der Waals surface area contributed by atoms with Gasteiger partial charge in [0.25, 0.3) is 5.91 Å². The van der Waals surface area contributed by atoms with Crippen molar-refractivity contribution in [1.82, 2.24) is 35.2 Å². The number of fused-ring (bicyclic) bond motifs is 1. The smallest absolute Gasteiger partial charge is 0.269 e. The van der Waals surface area contributed by atoms with E-state index in [0.29, 0.717) is 22.3 Å². The van der Waals surface area contributed by atoms with Crippen molar-refractivity contribution >= 4 is 46.2 Å². The van der Waals surface area contributed by atoms with Gasteiger partial charge in [0.2, 0.25) is 5.91 Å². The molecule has 0 unspecified atom stereocenters. The van der Waals surface area contributed by atoms with Gasteiger partial charge in [-0.05, 0) is 36.4 Å². The van der Waals surface area contributed by atoms with Gasteiger partial charge in [-0.25, -0.2) is 4.98 Å². The van der Waals surface area contributed by atoms with Gasteiger partial charge in [-0.1, -0.05) is 35.5 Å². The molecule has 0 fully saturated rings. The molecule has 0 spiro atoms. The number of hydrogen-bond acceptors (Lipinski definition) is 6. The lowest BCUT2D eigenvalue weighted by Gasteiger charge is -2.08. The first-order chi connectivity index (χ1) is 15.0. The minimum Gasteiger partial charge on any atom is -0.323 e. The number of nitrogens with zero attached hydrogens (tertiary/aromatic N) is 5. The Morgan fingerprint density at radius 3 is 2.65 bits per heavy atom. The number of aromatic nitrogens is 5. The van der Waals surface area contributed by atoms with Crippen molar-refractivity contribution in [1.29, 1.82) is 0 Å². The molecular formula is C20H18ClN7O2S. The molecule has 0 saturated carbocycles. The highest BCUT2D eigenvalue weighted by Gasteiger charge is 2.14. The van der Waals surface area contributed by atoms with Gasteiger partial charge in [-0.2, -0.15) is 0 Å². The lowest BCUT2D eigenvalue weighted by Crippen LogP contribution is -2.42. The van der Waals surface area contributed by atoms with Crippen LogP contribution in [0.2, 0.25) is 5.02 Å². The number of hydrogen-bond donors (Lipinski definition) is 2. The van der Waals surface area contributed by atoms with Crippen molar-refractivity contribution < 1.29 is 9.59 Å². The maximum Gasteiger partial charge on any atom is 0.269 e. The first-order valence-corrected chi connectivity index (χ1v) is 10.6. The SMILES string of the molecule is Cn1c(Cn2cnc3ccccc32)nnc1SCC(=O)NNC(=O)c1ccc(Cl)cc1. The highest BCUT2D eigenvalue weighted by molar-refractivity contribution is 7.99. The van der Waals surface area contributed by atoms with Crippen LogP contribution >= 0.6 is 23.4 Å². The fourth-order valence-corrected chi connectivity index (χ4v) is 3.72. The third-order valence-corrected chi connectivity index (χ3v) is 5.79. The zero-order valence-corrected chi connectivity index (χ0v) is 18.0. The highest BCUT2D eigenvalue weighted by atomic mass is 35.5. The van der Waals surface area contributed by atoms with Gasteiger partial charge in [0.15, 0.2) is 11.0 Å². The van der Waals surface area contributed by atoms with E-state index in [0.717, 1.165) is 16.9 Å². The summed E-state index contributed by atoms with van der Waals surface area (Å²) in [5.74, 6) is 0.0176. The van der Waals surface area contributed by atoms with Crippen LogP contribution in [0.1, 0.15) is 16.2 Å². The quantitative estimate of drug-likeness (QED) is 0.341. The number of hydrazine groups is 1. The van der Waals surface area contributed by atoms with Crippen LogP contribution in [0.4, 0.5) is 0 Å². The Kier molecular flexibility index (Phi) is 6.19. The van der Waals surface area contributed by atoms with Crippen LogP contribution < -0.4 is 10.9 Å². The molecule has 0 aliphatic heterocycles. The second kappa shape index (κ2) is 9.19.